The topological polar surface area (TPSA) is 58.4 Å². The molecule has 5 heteroatoms. The molecule has 118 valence electrons. The molecular formula is C17H23N3O2. The van der Waals surface area contributed by atoms with Crippen LogP contribution in [0.3, 0.4) is 0 Å². The number of nitrogens with one attached hydrogen (secondary N) is 1. The van der Waals surface area contributed by atoms with Crippen LogP contribution in [0.4, 0.5) is 5.82 Å². The fourth-order valence-electron chi connectivity index (χ4n) is 2.27. The van der Waals surface area contributed by atoms with Crippen LogP contribution in [0, 0.1) is 0 Å². The fourth-order valence-corrected chi connectivity index (χ4v) is 2.27. The zero-order chi connectivity index (χ0) is 15.8. The monoisotopic (exact) mass is 301 g/mol. The van der Waals surface area contributed by atoms with Crippen LogP contribution in [-0.2, 0) is 6.54 Å². The van der Waals surface area contributed by atoms with Crippen molar-refractivity contribution in [2.45, 2.75) is 33.2 Å². The maximum Gasteiger partial charge on any atom is 0.253 e. The second kappa shape index (κ2) is 8.22. The molecule has 1 amide bonds. The Morgan fingerprint density at radius 1 is 1.23 bits per heavy atom. The average molecular weight is 301 g/mol. The minimum Gasteiger partial charge on any atom is -0.467 e. The highest BCUT2D eigenvalue weighted by Gasteiger charge is 2.09. The molecule has 0 aliphatic heterocycles. The number of furan rings is 1. The molecule has 0 atom stereocenters. The van der Waals surface area contributed by atoms with E-state index in [4.69, 9.17) is 4.42 Å². The molecule has 2 rings (SSSR count). The summed E-state index contributed by atoms with van der Waals surface area (Å²) in [5, 5.41) is 2.81. The maximum atomic E-state index is 12.1. The van der Waals surface area contributed by atoms with Crippen molar-refractivity contribution < 1.29 is 9.21 Å². The van der Waals surface area contributed by atoms with E-state index in [1.165, 1.54) is 0 Å². The third-order valence-electron chi connectivity index (χ3n) is 3.32. The molecule has 0 fully saturated rings. The summed E-state index contributed by atoms with van der Waals surface area (Å²) in [6.07, 6.45) is 5.37. The van der Waals surface area contributed by atoms with Crippen LogP contribution in [0.2, 0.25) is 0 Å². The Labute approximate surface area is 131 Å². The molecular weight excluding hydrogens is 278 g/mol. The number of rotatable bonds is 8. The fraction of sp³-hybridized carbons (Fsp3) is 0.412. The second-order valence-corrected chi connectivity index (χ2v) is 5.15. The molecule has 0 saturated heterocycles. The molecule has 2 aromatic heterocycles. The van der Waals surface area contributed by atoms with Crippen molar-refractivity contribution >= 4 is 11.7 Å². The highest BCUT2D eigenvalue weighted by Crippen LogP contribution is 2.12. The van der Waals surface area contributed by atoms with Crippen LogP contribution < -0.4 is 10.2 Å². The Morgan fingerprint density at radius 2 is 2.00 bits per heavy atom. The number of amides is 1. The predicted octanol–water partition coefficient (Wildman–Crippen LogP) is 3.23. The van der Waals surface area contributed by atoms with Gasteiger partial charge in [0.2, 0.25) is 0 Å². The van der Waals surface area contributed by atoms with Crippen LogP contribution in [0.25, 0.3) is 0 Å². The maximum absolute atomic E-state index is 12.1. The molecule has 0 aliphatic carbocycles. The SMILES string of the molecule is CCCN(CCC)c1ccc(C(=O)NCc2ccco2)cn1. The van der Waals surface area contributed by atoms with Gasteiger partial charge >= 0.3 is 0 Å². The third-order valence-corrected chi connectivity index (χ3v) is 3.32. The third kappa shape index (κ3) is 4.35. The van der Waals surface area contributed by atoms with E-state index in [-0.39, 0.29) is 5.91 Å². The summed E-state index contributed by atoms with van der Waals surface area (Å²) in [5.74, 6) is 1.51. The lowest BCUT2D eigenvalue weighted by Gasteiger charge is -2.22. The van der Waals surface area contributed by atoms with Gasteiger partial charge in [0.05, 0.1) is 18.4 Å². The summed E-state index contributed by atoms with van der Waals surface area (Å²) in [6, 6.07) is 7.36. The van der Waals surface area contributed by atoms with Crippen LogP contribution >= 0.6 is 0 Å². The lowest BCUT2D eigenvalue weighted by Crippen LogP contribution is -2.26. The van der Waals surface area contributed by atoms with Crippen molar-refractivity contribution in [2.75, 3.05) is 18.0 Å². The van der Waals surface area contributed by atoms with E-state index in [1.54, 1.807) is 18.5 Å². The Hall–Kier alpha value is -2.30. The van der Waals surface area contributed by atoms with Gasteiger partial charge in [-0.1, -0.05) is 13.8 Å². The normalized spacial score (nSPS) is 10.5. The van der Waals surface area contributed by atoms with E-state index in [0.717, 1.165) is 37.5 Å². The first-order chi connectivity index (χ1) is 10.7. The predicted molar refractivity (Wildman–Crippen MR) is 86.9 cm³/mol. The van der Waals surface area contributed by atoms with Crippen molar-refractivity contribution in [1.29, 1.82) is 0 Å². The number of hydrogen-bond donors (Lipinski definition) is 1. The highest BCUT2D eigenvalue weighted by molar-refractivity contribution is 5.93. The summed E-state index contributed by atoms with van der Waals surface area (Å²) >= 11 is 0. The summed E-state index contributed by atoms with van der Waals surface area (Å²) in [7, 11) is 0. The number of carbonyl (C=O) groups is 1. The van der Waals surface area contributed by atoms with E-state index in [1.807, 2.05) is 18.2 Å². The number of anilines is 1. The minimum atomic E-state index is -0.145. The van der Waals surface area contributed by atoms with E-state index in [0.29, 0.717) is 12.1 Å². The van der Waals surface area contributed by atoms with Gasteiger partial charge < -0.3 is 14.6 Å². The summed E-state index contributed by atoms with van der Waals surface area (Å²) in [6.45, 7) is 6.64. The summed E-state index contributed by atoms with van der Waals surface area (Å²) in [5.41, 5.74) is 0.559. The van der Waals surface area contributed by atoms with Crippen molar-refractivity contribution in [3.05, 3.63) is 48.0 Å². The minimum absolute atomic E-state index is 0.145. The Bertz CT molecular complexity index is 558. The Kier molecular flexibility index (Phi) is 6.01. The van der Waals surface area contributed by atoms with Crippen molar-refractivity contribution in [3.8, 4) is 0 Å². The molecule has 0 aromatic carbocycles. The van der Waals surface area contributed by atoms with Crippen molar-refractivity contribution in [1.82, 2.24) is 10.3 Å². The van der Waals surface area contributed by atoms with Gasteiger partial charge in [0.25, 0.3) is 5.91 Å². The molecule has 2 heterocycles. The number of pyridine rings is 1. The molecule has 1 N–H and O–H groups in total. The number of aromatic nitrogens is 1. The van der Waals surface area contributed by atoms with Crippen LogP contribution in [0.1, 0.15) is 42.8 Å². The van der Waals surface area contributed by atoms with Crippen LogP contribution in [0.5, 0.6) is 0 Å². The molecule has 22 heavy (non-hydrogen) atoms. The quantitative estimate of drug-likeness (QED) is 0.813. The number of carbonyl (C=O) groups excluding carboxylic acids is 1. The van der Waals surface area contributed by atoms with Gasteiger partial charge in [0, 0.05) is 19.3 Å². The zero-order valence-electron chi connectivity index (χ0n) is 13.2. The van der Waals surface area contributed by atoms with Gasteiger partial charge in [-0.05, 0) is 37.1 Å². The highest BCUT2D eigenvalue weighted by atomic mass is 16.3. The second-order valence-electron chi connectivity index (χ2n) is 5.15. The van der Waals surface area contributed by atoms with E-state index < -0.39 is 0 Å². The van der Waals surface area contributed by atoms with Gasteiger partial charge in [0.1, 0.15) is 11.6 Å². The van der Waals surface area contributed by atoms with Gasteiger partial charge in [-0.2, -0.15) is 0 Å². The Morgan fingerprint density at radius 3 is 2.55 bits per heavy atom. The first-order valence-corrected chi connectivity index (χ1v) is 7.76. The molecule has 5 nitrogen and oxygen atoms in total. The lowest BCUT2D eigenvalue weighted by atomic mass is 10.2. The van der Waals surface area contributed by atoms with Crippen LogP contribution in [-0.4, -0.2) is 24.0 Å². The first-order valence-electron chi connectivity index (χ1n) is 7.76. The standard InChI is InChI=1S/C17H23N3O2/c1-3-9-20(10-4-2)16-8-7-14(12-18-16)17(21)19-13-15-6-5-11-22-15/h5-8,11-12H,3-4,9-10,13H2,1-2H3,(H,19,21). The summed E-state index contributed by atoms with van der Waals surface area (Å²) in [4.78, 5) is 18.7. The summed E-state index contributed by atoms with van der Waals surface area (Å²) < 4.78 is 5.19. The molecule has 0 aliphatic rings. The van der Waals surface area contributed by atoms with E-state index >= 15 is 0 Å². The molecule has 0 unspecified atom stereocenters. The van der Waals surface area contributed by atoms with E-state index in [9.17, 15) is 4.79 Å². The molecule has 0 radical (unpaired) electrons. The average Bonchev–Trinajstić information content (AvgIpc) is 3.06. The van der Waals surface area contributed by atoms with Crippen molar-refractivity contribution in [2.24, 2.45) is 0 Å². The first kappa shape index (κ1) is 16.1. The molecule has 2 aromatic rings. The number of nitrogens with zero attached hydrogens (tertiary/aromatic N) is 2. The zero-order valence-corrected chi connectivity index (χ0v) is 13.2. The van der Waals surface area contributed by atoms with Crippen molar-refractivity contribution in [3.63, 3.8) is 0 Å². The lowest BCUT2D eigenvalue weighted by molar-refractivity contribution is 0.0947. The molecule has 0 spiro atoms. The molecule has 0 saturated carbocycles. The smallest absolute Gasteiger partial charge is 0.253 e. The Balaban J connectivity index is 1.96. The van der Waals surface area contributed by atoms with Gasteiger partial charge in [-0.25, -0.2) is 4.98 Å². The number of hydrogen-bond acceptors (Lipinski definition) is 4. The van der Waals surface area contributed by atoms with Gasteiger partial charge in [-0.3, -0.25) is 4.79 Å². The van der Waals surface area contributed by atoms with Gasteiger partial charge in [-0.15, -0.1) is 0 Å². The van der Waals surface area contributed by atoms with Gasteiger partial charge in [0.15, 0.2) is 0 Å². The van der Waals surface area contributed by atoms with Crippen LogP contribution in [0.15, 0.2) is 41.1 Å². The molecule has 0 bridgehead atoms. The largest absolute Gasteiger partial charge is 0.467 e. The van der Waals surface area contributed by atoms with E-state index in [2.05, 4.69) is 29.0 Å².